The van der Waals surface area contributed by atoms with Crippen LogP contribution in [-0.4, -0.2) is 35.9 Å². The third-order valence-corrected chi connectivity index (χ3v) is 3.33. The predicted molar refractivity (Wildman–Crippen MR) is 73.1 cm³/mol. The Hall–Kier alpha value is -1.65. The number of ether oxygens (including phenoxy) is 1. The number of carbonyl (C=O) groups excluding carboxylic acids is 1. The van der Waals surface area contributed by atoms with Crippen molar-refractivity contribution in [3.05, 3.63) is 17.8 Å². The fourth-order valence-electron chi connectivity index (χ4n) is 2.66. The van der Waals surface area contributed by atoms with Gasteiger partial charge in [0.05, 0.1) is 6.61 Å². The average molecular weight is 263 g/mol. The SMILES string of the molecule is CCOC(=O)c1ccc(N2C[C@H](C)C[C@@H](C)C2)nn1. The van der Waals surface area contributed by atoms with Gasteiger partial charge in [0.15, 0.2) is 11.5 Å². The second-order valence-electron chi connectivity index (χ2n) is 5.35. The number of anilines is 1. The van der Waals surface area contributed by atoms with Crippen LogP contribution < -0.4 is 4.90 Å². The summed E-state index contributed by atoms with van der Waals surface area (Å²) in [5.41, 5.74) is 0.267. The van der Waals surface area contributed by atoms with Gasteiger partial charge in [-0.2, -0.15) is 0 Å². The van der Waals surface area contributed by atoms with Crippen LogP contribution in [0, 0.1) is 11.8 Å². The lowest BCUT2D eigenvalue weighted by molar-refractivity contribution is 0.0518. The number of nitrogens with zero attached hydrogens (tertiary/aromatic N) is 3. The van der Waals surface area contributed by atoms with Gasteiger partial charge in [-0.05, 0) is 37.3 Å². The Morgan fingerprint density at radius 3 is 2.53 bits per heavy atom. The van der Waals surface area contributed by atoms with Gasteiger partial charge in [0.2, 0.25) is 0 Å². The molecule has 0 radical (unpaired) electrons. The van der Waals surface area contributed by atoms with E-state index >= 15 is 0 Å². The van der Waals surface area contributed by atoms with Gasteiger partial charge >= 0.3 is 5.97 Å². The molecule has 2 heterocycles. The Kier molecular flexibility index (Phi) is 4.35. The molecule has 0 spiro atoms. The minimum Gasteiger partial charge on any atom is -0.461 e. The van der Waals surface area contributed by atoms with Crippen LogP contribution >= 0.6 is 0 Å². The van der Waals surface area contributed by atoms with E-state index < -0.39 is 5.97 Å². The van der Waals surface area contributed by atoms with Crippen LogP contribution in [0.15, 0.2) is 12.1 Å². The first-order valence-electron chi connectivity index (χ1n) is 6.86. The van der Waals surface area contributed by atoms with Crippen LogP contribution in [0.3, 0.4) is 0 Å². The molecule has 0 aromatic carbocycles. The van der Waals surface area contributed by atoms with Gasteiger partial charge < -0.3 is 9.64 Å². The van der Waals surface area contributed by atoms with E-state index in [4.69, 9.17) is 4.74 Å². The monoisotopic (exact) mass is 263 g/mol. The van der Waals surface area contributed by atoms with Crippen molar-refractivity contribution in [1.29, 1.82) is 0 Å². The highest BCUT2D eigenvalue weighted by Gasteiger charge is 2.23. The molecule has 0 N–H and O–H groups in total. The molecular formula is C14H21N3O2. The highest BCUT2D eigenvalue weighted by Crippen LogP contribution is 2.24. The third-order valence-electron chi connectivity index (χ3n) is 3.33. The number of esters is 1. The molecule has 104 valence electrons. The van der Waals surface area contributed by atoms with Crippen molar-refractivity contribution in [2.45, 2.75) is 27.2 Å². The fraction of sp³-hybridized carbons (Fsp3) is 0.643. The smallest absolute Gasteiger partial charge is 0.358 e. The number of hydrogen-bond donors (Lipinski definition) is 0. The van der Waals surface area contributed by atoms with Gasteiger partial charge in [-0.3, -0.25) is 0 Å². The molecule has 1 fully saturated rings. The molecule has 2 atom stereocenters. The third kappa shape index (κ3) is 3.43. The van der Waals surface area contributed by atoms with Crippen molar-refractivity contribution in [2.75, 3.05) is 24.6 Å². The highest BCUT2D eigenvalue weighted by atomic mass is 16.5. The summed E-state index contributed by atoms with van der Waals surface area (Å²) in [5.74, 6) is 1.75. The summed E-state index contributed by atoms with van der Waals surface area (Å²) in [5, 5.41) is 8.11. The van der Waals surface area contributed by atoms with Crippen LogP contribution in [0.2, 0.25) is 0 Å². The average Bonchev–Trinajstić information content (AvgIpc) is 2.38. The zero-order valence-electron chi connectivity index (χ0n) is 11.8. The molecule has 5 heteroatoms. The molecule has 2 rings (SSSR count). The standard InChI is InChI=1S/C14H21N3O2/c1-4-19-14(18)12-5-6-13(16-15-12)17-8-10(2)7-11(3)9-17/h5-6,10-11H,4,7-9H2,1-3H3/t10-,11-/m1/s1. The Bertz CT molecular complexity index is 423. The maximum Gasteiger partial charge on any atom is 0.358 e. The summed E-state index contributed by atoms with van der Waals surface area (Å²) in [6, 6.07) is 3.54. The minimum absolute atomic E-state index is 0.267. The second-order valence-corrected chi connectivity index (χ2v) is 5.35. The number of carbonyl (C=O) groups is 1. The molecule has 1 aromatic rings. The molecule has 0 unspecified atom stereocenters. The van der Waals surface area contributed by atoms with E-state index in [0.717, 1.165) is 18.9 Å². The van der Waals surface area contributed by atoms with Crippen molar-refractivity contribution < 1.29 is 9.53 Å². The molecule has 0 saturated carbocycles. The molecule has 1 aliphatic heterocycles. The van der Waals surface area contributed by atoms with Crippen LogP contribution in [0.25, 0.3) is 0 Å². The highest BCUT2D eigenvalue weighted by molar-refractivity contribution is 5.87. The summed E-state index contributed by atoms with van der Waals surface area (Å²) < 4.78 is 4.89. The summed E-state index contributed by atoms with van der Waals surface area (Å²) in [6.45, 7) is 8.63. The lowest BCUT2D eigenvalue weighted by atomic mass is 9.92. The normalized spacial score (nSPS) is 23.2. The first kappa shape index (κ1) is 13.8. The van der Waals surface area contributed by atoms with Crippen molar-refractivity contribution in [2.24, 2.45) is 11.8 Å². The number of aromatic nitrogens is 2. The van der Waals surface area contributed by atoms with Gasteiger partial charge in [0.1, 0.15) is 0 Å². The van der Waals surface area contributed by atoms with E-state index in [1.807, 2.05) is 6.07 Å². The number of piperidine rings is 1. The zero-order chi connectivity index (χ0) is 13.8. The number of hydrogen-bond acceptors (Lipinski definition) is 5. The zero-order valence-corrected chi connectivity index (χ0v) is 11.8. The Balaban J connectivity index is 2.07. The molecule has 5 nitrogen and oxygen atoms in total. The van der Waals surface area contributed by atoms with E-state index in [0.29, 0.717) is 18.4 Å². The molecule has 19 heavy (non-hydrogen) atoms. The summed E-state index contributed by atoms with van der Waals surface area (Å²) >= 11 is 0. The Morgan fingerprint density at radius 2 is 2.00 bits per heavy atom. The van der Waals surface area contributed by atoms with E-state index in [9.17, 15) is 4.79 Å². The maximum absolute atomic E-state index is 11.5. The van der Waals surface area contributed by atoms with Gasteiger partial charge in [0.25, 0.3) is 0 Å². The largest absolute Gasteiger partial charge is 0.461 e. The second kappa shape index (κ2) is 5.99. The molecular weight excluding hydrogens is 242 g/mol. The molecule has 0 bridgehead atoms. The summed E-state index contributed by atoms with van der Waals surface area (Å²) in [7, 11) is 0. The summed E-state index contributed by atoms with van der Waals surface area (Å²) in [4.78, 5) is 13.7. The molecule has 1 aromatic heterocycles. The molecule has 0 amide bonds. The minimum atomic E-state index is -0.415. The fourth-order valence-corrected chi connectivity index (χ4v) is 2.66. The van der Waals surface area contributed by atoms with Crippen LogP contribution in [0.4, 0.5) is 5.82 Å². The molecule has 0 aliphatic carbocycles. The van der Waals surface area contributed by atoms with Gasteiger partial charge in [-0.25, -0.2) is 4.79 Å². The summed E-state index contributed by atoms with van der Waals surface area (Å²) in [6.07, 6.45) is 1.25. The maximum atomic E-state index is 11.5. The molecule has 1 saturated heterocycles. The van der Waals surface area contributed by atoms with Crippen LogP contribution in [0.5, 0.6) is 0 Å². The quantitative estimate of drug-likeness (QED) is 0.782. The Labute approximate surface area is 114 Å². The van der Waals surface area contributed by atoms with Crippen molar-refractivity contribution in [1.82, 2.24) is 10.2 Å². The Morgan fingerprint density at radius 1 is 1.32 bits per heavy atom. The lowest BCUT2D eigenvalue weighted by Gasteiger charge is -2.35. The van der Waals surface area contributed by atoms with Crippen molar-refractivity contribution in [3.63, 3.8) is 0 Å². The van der Waals surface area contributed by atoms with Crippen LogP contribution in [0.1, 0.15) is 37.7 Å². The first-order valence-corrected chi connectivity index (χ1v) is 6.86. The van der Waals surface area contributed by atoms with E-state index in [1.165, 1.54) is 6.42 Å². The predicted octanol–water partition coefficient (Wildman–Crippen LogP) is 2.14. The van der Waals surface area contributed by atoms with E-state index in [-0.39, 0.29) is 5.69 Å². The van der Waals surface area contributed by atoms with Crippen LogP contribution in [-0.2, 0) is 4.74 Å². The molecule has 1 aliphatic rings. The lowest BCUT2D eigenvalue weighted by Crippen LogP contribution is -2.39. The van der Waals surface area contributed by atoms with Gasteiger partial charge in [0, 0.05) is 13.1 Å². The topological polar surface area (TPSA) is 55.3 Å². The van der Waals surface area contributed by atoms with E-state index in [2.05, 4.69) is 28.9 Å². The van der Waals surface area contributed by atoms with Gasteiger partial charge in [-0.1, -0.05) is 13.8 Å². The number of rotatable bonds is 3. The van der Waals surface area contributed by atoms with Crippen molar-refractivity contribution in [3.8, 4) is 0 Å². The first-order chi connectivity index (χ1) is 9.10. The van der Waals surface area contributed by atoms with Gasteiger partial charge in [-0.15, -0.1) is 10.2 Å². The van der Waals surface area contributed by atoms with Crippen molar-refractivity contribution >= 4 is 11.8 Å². The van der Waals surface area contributed by atoms with E-state index in [1.54, 1.807) is 13.0 Å².